The summed E-state index contributed by atoms with van der Waals surface area (Å²) in [5, 5.41) is 8.67. The van der Waals surface area contributed by atoms with E-state index >= 15 is 0 Å². The molecule has 0 bridgehead atoms. The van der Waals surface area contributed by atoms with E-state index in [0.717, 1.165) is 59.3 Å². The maximum atomic E-state index is 5.09. The van der Waals surface area contributed by atoms with Crippen molar-refractivity contribution in [3.05, 3.63) is 65.5 Å². The zero-order valence-corrected chi connectivity index (χ0v) is 19.5. The van der Waals surface area contributed by atoms with Crippen LogP contribution in [0.4, 0.5) is 5.82 Å². The highest BCUT2D eigenvalue weighted by molar-refractivity contribution is 5.82. The van der Waals surface area contributed by atoms with Crippen molar-refractivity contribution < 1.29 is 0 Å². The van der Waals surface area contributed by atoms with Crippen LogP contribution in [0.5, 0.6) is 0 Å². The Morgan fingerprint density at radius 2 is 1.72 bits per heavy atom. The number of anilines is 1. The maximum Gasteiger partial charge on any atom is 0.155 e. The largest absolute Gasteiger partial charge is 0.352 e. The number of hydrogen-bond donors (Lipinski definition) is 1. The molecule has 1 aliphatic heterocycles. The zero-order valence-electron chi connectivity index (χ0n) is 19.5. The third-order valence-electron chi connectivity index (χ3n) is 6.02. The van der Waals surface area contributed by atoms with E-state index in [1.807, 2.05) is 23.7 Å². The Kier molecular flexibility index (Phi) is 4.97. The van der Waals surface area contributed by atoms with Gasteiger partial charge in [-0.25, -0.2) is 9.50 Å². The average molecular weight is 427 g/mol. The molecule has 164 valence electrons. The number of fused-ring (bicyclic) bond motifs is 1. The third-order valence-corrected chi connectivity index (χ3v) is 6.02. The molecule has 4 aromatic rings. The van der Waals surface area contributed by atoms with Crippen LogP contribution < -0.4 is 10.2 Å². The molecule has 1 fully saturated rings. The molecule has 0 atom stereocenters. The van der Waals surface area contributed by atoms with Gasteiger partial charge in [0.2, 0.25) is 0 Å². The summed E-state index contributed by atoms with van der Waals surface area (Å²) in [6.07, 6.45) is 1.86. The van der Waals surface area contributed by atoms with Crippen LogP contribution in [-0.4, -0.2) is 44.8 Å². The summed E-state index contributed by atoms with van der Waals surface area (Å²) in [7, 11) is 0. The quantitative estimate of drug-likeness (QED) is 0.520. The van der Waals surface area contributed by atoms with Gasteiger partial charge in [-0.3, -0.25) is 4.98 Å². The van der Waals surface area contributed by atoms with Crippen molar-refractivity contribution >= 4 is 11.5 Å². The molecule has 32 heavy (non-hydrogen) atoms. The van der Waals surface area contributed by atoms with Crippen molar-refractivity contribution in [3.8, 4) is 22.5 Å². The summed E-state index contributed by atoms with van der Waals surface area (Å²) >= 11 is 0. The first-order valence-electron chi connectivity index (χ1n) is 11.2. The molecule has 0 unspecified atom stereocenters. The molecular formula is C26H30N6. The molecule has 3 aromatic heterocycles. The summed E-state index contributed by atoms with van der Waals surface area (Å²) in [5.41, 5.74) is 8.48. The lowest BCUT2D eigenvalue weighted by atomic mass is 10.0. The lowest BCUT2D eigenvalue weighted by molar-refractivity contribution is 0.351. The number of piperazine rings is 1. The molecule has 6 heteroatoms. The number of rotatable bonds is 3. The monoisotopic (exact) mass is 426 g/mol. The van der Waals surface area contributed by atoms with E-state index in [4.69, 9.17) is 10.1 Å². The normalized spacial score (nSPS) is 16.0. The SMILES string of the molecule is Cc1cc(C)cc(-c2nc3ccc(N4CCNC(C)(C)C4)nn3c2-c2ccnc(C)c2)c1. The fourth-order valence-electron chi connectivity index (χ4n) is 4.69. The van der Waals surface area contributed by atoms with Gasteiger partial charge in [-0.2, -0.15) is 0 Å². The van der Waals surface area contributed by atoms with Crippen molar-refractivity contribution in [2.45, 2.75) is 40.2 Å². The minimum atomic E-state index is 0.0547. The lowest BCUT2D eigenvalue weighted by Crippen LogP contribution is -2.57. The van der Waals surface area contributed by atoms with Crippen LogP contribution in [0, 0.1) is 20.8 Å². The minimum absolute atomic E-state index is 0.0547. The van der Waals surface area contributed by atoms with Crippen molar-refractivity contribution in [2.24, 2.45) is 0 Å². The van der Waals surface area contributed by atoms with Crippen molar-refractivity contribution in [1.82, 2.24) is 24.9 Å². The van der Waals surface area contributed by atoms with Crippen molar-refractivity contribution in [3.63, 3.8) is 0 Å². The predicted octanol–water partition coefficient (Wildman–Crippen LogP) is 4.57. The summed E-state index contributed by atoms with van der Waals surface area (Å²) in [6.45, 7) is 13.5. The van der Waals surface area contributed by atoms with Crippen LogP contribution in [0.2, 0.25) is 0 Å². The molecule has 4 heterocycles. The Bertz CT molecular complexity index is 1280. The predicted molar refractivity (Wildman–Crippen MR) is 130 cm³/mol. The van der Waals surface area contributed by atoms with Gasteiger partial charge in [-0.05, 0) is 71.0 Å². The molecule has 0 aliphatic carbocycles. The van der Waals surface area contributed by atoms with Gasteiger partial charge in [0.25, 0.3) is 0 Å². The highest BCUT2D eigenvalue weighted by atomic mass is 15.4. The van der Waals surface area contributed by atoms with Crippen LogP contribution in [0.25, 0.3) is 28.2 Å². The first kappa shape index (κ1) is 20.6. The number of benzene rings is 1. The van der Waals surface area contributed by atoms with Gasteiger partial charge in [0, 0.05) is 48.2 Å². The molecular weight excluding hydrogens is 396 g/mol. The smallest absolute Gasteiger partial charge is 0.155 e. The maximum absolute atomic E-state index is 5.09. The second-order valence-electron chi connectivity index (χ2n) is 9.57. The summed E-state index contributed by atoms with van der Waals surface area (Å²) in [6, 6.07) is 14.9. The van der Waals surface area contributed by atoms with E-state index in [9.17, 15) is 0 Å². The topological polar surface area (TPSA) is 58.4 Å². The first-order valence-corrected chi connectivity index (χ1v) is 11.2. The van der Waals surface area contributed by atoms with Gasteiger partial charge < -0.3 is 10.2 Å². The Morgan fingerprint density at radius 1 is 0.938 bits per heavy atom. The minimum Gasteiger partial charge on any atom is -0.352 e. The van der Waals surface area contributed by atoms with Crippen LogP contribution >= 0.6 is 0 Å². The van der Waals surface area contributed by atoms with E-state index in [-0.39, 0.29) is 5.54 Å². The van der Waals surface area contributed by atoms with Gasteiger partial charge in [-0.15, -0.1) is 5.10 Å². The van der Waals surface area contributed by atoms with Gasteiger partial charge in [0.05, 0.1) is 5.69 Å². The number of nitrogens with zero attached hydrogens (tertiary/aromatic N) is 5. The van der Waals surface area contributed by atoms with E-state index < -0.39 is 0 Å². The summed E-state index contributed by atoms with van der Waals surface area (Å²) < 4.78 is 2.01. The van der Waals surface area contributed by atoms with E-state index in [1.54, 1.807) is 0 Å². The van der Waals surface area contributed by atoms with Gasteiger partial charge in [0.15, 0.2) is 5.65 Å². The van der Waals surface area contributed by atoms with Gasteiger partial charge in [0.1, 0.15) is 11.5 Å². The number of aryl methyl sites for hydroxylation is 3. The lowest BCUT2D eigenvalue weighted by Gasteiger charge is -2.39. The fourth-order valence-corrected chi connectivity index (χ4v) is 4.69. The van der Waals surface area contributed by atoms with Crippen LogP contribution in [0.3, 0.4) is 0 Å². The Morgan fingerprint density at radius 3 is 2.44 bits per heavy atom. The first-order chi connectivity index (χ1) is 15.3. The molecule has 1 aromatic carbocycles. The van der Waals surface area contributed by atoms with Crippen LogP contribution in [0.1, 0.15) is 30.7 Å². The summed E-state index contributed by atoms with van der Waals surface area (Å²) in [5.74, 6) is 0.975. The van der Waals surface area contributed by atoms with E-state index in [0.29, 0.717) is 0 Å². The molecule has 0 radical (unpaired) electrons. The zero-order chi connectivity index (χ0) is 22.5. The molecule has 0 spiro atoms. The highest BCUT2D eigenvalue weighted by Crippen LogP contribution is 2.34. The second kappa shape index (κ2) is 7.71. The Hall–Kier alpha value is -3.25. The number of imidazole rings is 1. The molecule has 1 aliphatic rings. The molecule has 0 amide bonds. The number of nitrogens with one attached hydrogen (secondary N) is 1. The summed E-state index contributed by atoms with van der Waals surface area (Å²) in [4.78, 5) is 11.8. The standard InChI is InChI=1S/C26H30N6/c1-17-12-18(2)14-21(13-17)24-25(20-8-9-27-19(3)15-20)32-22(29-24)6-7-23(30-32)31-11-10-28-26(4,5)16-31/h6-9,12-15,28H,10-11,16H2,1-5H3. The third kappa shape index (κ3) is 3.86. The number of aromatic nitrogens is 4. The Labute approximate surface area is 189 Å². The molecule has 1 N–H and O–H groups in total. The molecule has 0 saturated carbocycles. The second-order valence-corrected chi connectivity index (χ2v) is 9.57. The van der Waals surface area contributed by atoms with E-state index in [2.05, 4.69) is 79.3 Å². The number of hydrogen-bond acceptors (Lipinski definition) is 5. The van der Waals surface area contributed by atoms with E-state index in [1.165, 1.54) is 11.1 Å². The van der Waals surface area contributed by atoms with Crippen LogP contribution in [-0.2, 0) is 0 Å². The number of pyridine rings is 1. The van der Waals surface area contributed by atoms with Crippen molar-refractivity contribution in [2.75, 3.05) is 24.5 Å². The van der Waals surface area contributed by atoms with Crippen molar-refractivity contribution in [1.29, 1.82) is 0 Å². The average Bonchev–Trinajstić information content (AvgIpc) is 3.11. The van der Waals surface area contributed by atoms with Gasteiger partial charge in [-0.1, -0.05) is 17.2 Å². The highest BCUT2D eigenvalue weighted by Gasteiger charge is 2.27. The molecule has 6 nitrogen and oxygen atoms in total. The molecule has 5 rings (SSSR count). The van der Waals surface area contributed by atoms with Crippen LogP contribution in [0.15, 0.2) is 48.7 Å². The van der Waals surface area contributed by atoms with Gasteiger partial charge >= 0.3 is 0 Å². The molecule has 1 saturated heterocycles. The fraction of sp³-hybridized carbons (Fsp3) is 0.346. The Balaban J connectivity index is 1.72.